The topological polar surface area (TPSA) is 32.0 Å². The van der Waals surface area contributed by atoms with Crippen molar-refractivity contribution < 1.29 is 0 Å². The van der Waals surface area contributed by atoms with E-state index in [1.807, 2.05) is 0 Å². The molecule has 0 saturated carbocycles. The van der Waals surface area contributed by atoms with Crippen molar-refractivity contribution in [2.75, 3.05) is 19.8 Å². The van der Waals surface area contributed by atoms with Gasteiger partial charge in [-0.15, -0.1) is 0 Å². The Kier molecular flexibility index (Phi) is 3.69. The summed E-state index contributed by atoms with van der Waals surface area (Å²) in [5.41, 5.74) is 2.76. The third-order valence-electron chi connectivity index (χ3n) is 4.40. The number of nitrogens with one attached hydrogen (secondary N) is 1. The van der Waals surface area contributed by atoms with Crippen molar-refractivity contribution in [3.05, 3.63) is 30.0 Å². The van der Waals surface area contributed by atoms with Crippen LogP contribution in [0.4, 0.5) is 0 Å². The van der Waals surface area contributed by atoms with Crippen LogP contribution in [0, 0.1) is 4.78 Å². The number of hydrogen-bond acceptors (Lipinski definition) is 2. The summed E-state index contributed by atoms with van der Waals surface area (Å²) in [6.07, 6.45) is 4.52. The Bertz CT molecular complexity index is 657. The number of fused-ring (bicyclic) bond motifs is 3. The summed E-state index contributed by atoms with van der Waals surface area (Å²) in [6.45, 7) is 3.27. The maximum absolute atomic E-state index is 8.22. The average molecular weight is 289 g/mol. The second kappa shape index (κ2) is 5.34. The standard InChI is InChI=1S/C16H23N3S/c1-12(18(2)3)11-19-9-8-13-14-5-4-10-20(17)16(14)7-6-15(13)19/h6-9,12,17H,4-5,10-11H2,1-3H3/t12-,20?/m1/s1. The lowest BCUT2D eigenvalue weighted by molar-refractivity contribution is 0.286. The molecule has 1 N–H and O–H groups in total. The second-order valence-corrected chi connectivity index (χ2v) is 7.58. The van der Waals surface area contributed by atoms with Crippen molar-refractivity contribution in [2.24, 2.45) is 0 Å². The van der Waals surface area contributed by atoms with Crippen LogP contribution < -0.4 is 0 Å². The zero-order valence-electron chi connectivity index (χ0n) is 12.5. The molecule has 108 valence electrons. The molecule has 1 aromatic carbocycles. The van der Waals surface area contributed by atoms with Crippen LogP contribution in [0.2, 0.25) is 0 Å². The van der Waals surface area contributed by atoms with Gasteiger partial charge in [0.15, 0.2) is 0 Å². The molecule has 0 spiro atoms. The molecular formula is C16H23N3S. The van der Waals surface area contributed by atoms with Crippen molar-refractivity contribution in [2.45, 2.75) is 37.2 Å². The molecule has 2 aromatic rings. The van der Waals surface area contributed by atoms with E-state index in [9.17, 15) is 0 Å². The molecule has 2 heterocycles. The summed E-state index contributed by atoms with van der Waals surface area (Å²) < 4.78 is 10.6. The highest BCUT2D eigenvalue weighted by Gasteiger charge is 2.17. The predicted molar refractivity (Wildman–Crippen MR) is 86.6 cm³/mol. The predicted octanol–water partition coefficient (Wildman–Crippen LogP) is 3.28. The summed E-state index contributed by atoms with van der Waals surface area (Å²) in [6, 6.07) is 7.19. The Morgan fingerprint density at radius 3 is 2.90 bits per heavy atom. The van der Waals surface area contributed by atoms with Crippen molar-refractivity contribution in [1.82, 2.24) is 9.47 Å². The molecule has 1 aromatic heterocycles. The summed E-state index contributed by atoms with van der Waals surface area (Å²) in [5.74, 6) is 1.04. The Morgan fingerprint density at radius 1 is 1.35 bits per heavy atom. The molecule has 1 unspecified atom stereocenters. The van der Waals surface area contributed by atoms with Gasteiger partial charge in [-0.25, -0.2) is 0 Å². The van der Waals surface area contributed by atoms with Gasteiger partial charge in [0.1, 0.15) is 0 Å². The Hall–Kier alpha value is -1.13. The van der Waals surface area contributed by atoms with Crippen LogP contribution in [0.15, 0.2) is 29.3 Å². The van der Waals surface area contributed by atoms with Gasteiger partial charge in [-0.1, -0.05) is 10.7 Å². The average Bonchev–Trinajstić information content (AvgIpc) is 2.82. The van der Waals surface area contributed by atoms with Crippen molar-refractivity contribution >= 4 is 21.6 Å². The highest BCUT2D eigenvalue weighted by molar-refractivity contribution is 7.86. The second-order valence-electron chi connectivity index (χ2n) is 5.95. The van der Waals surface area contributed by atoms with Gasteiger partial charge in [0.25, 0.3) is 0 Å². The molecule has 0 fully saturated rings. The van der Waals surface area contributed by atoms with E-state index in [1.165, 1.54) is 21.4 Å². The molecular weight excluding hydrogens is 266 g/mol. The zero-order valence-corrected chi connectivity index (χ0v) is 13.3. The molecule has 0 saturated heterocycles. The molecule has 0 radical (unpaired) electrons. The molecule has 0 aliphatic carbocycles. The fourth-order valence-corrected chi connectivity index (χ4v) is 4.31. The summed E-state index contributed by atoms with van der Waals surface area (Å²) in [4.78, 5) is 3.54. The summed E-state index contributed by atoms with van der Waals surface area (Å²) >= 11 is 0. The van der Waals surface area contributed by atoms with Crippen LogP contribution in [0.5, 0.6) is 0 Å². The van der Waals surface area contributed by atoms with Gasteiger partial charge in [0.2, 0.25) is 0 Å². The maximum atomic E-state index is 8.22. The minimum atomic E-state index is -0.297. The number of likely N-dealkylation sites (N-methyl/N-ethyl adjacent to an activating group) is 1. The Labute approximate surface area is 123 Å². The van der Waals surface area contributed by atoms with E-state index in [2.05, 4.69) is 54.9 Å². The van der Waals surface area contributed by atoms with E-state index < -0.39 is 0 Å². The first-order valence-electron chi connectivity index (χ1n) is 7.27. The third-order valence-corrected chi connectivity index (χ3v) is 6.02. The van der Waals surface area contributed by atoms with Gasteiger partial charge in [0.05, 0.1) is 0 Å². The number of aromatic nitrogens is 1. The van der Waals surface area contributed by atoms with Gasteiger partial charge >= 0.3 is 0 Å². The van der Waals surface area contributed by atoms with E-state index in [4.69, 9.17) is 4.78 Å². The quantitative estimate of drug-likeness (QED) is 0.924. The van der Waals surface area contributed by atoms with E-state index >= 15 is 0 Å². The summed E-state index contributed by atoms with van der Waals surface area (Å²) in [5, 5.41) is 1.37. The summed E-state index contributed by atoms with van der Waals surface area (Å²) in [7, 11) is 3.96. The molecule has 3 nitrogen and oxygen atoms in total. The Morgan fingerprint density at radius 2 is 2.15 bits per heavy atom. The normalized spacial score (nSPS) is 20.3. The van der Waals surface area contributed by atoms with E-state index in [1.54, 1.807) is 0 Å². The van der Waals surface area contributed by atoms with Gasteiger partial charge in [-0.3, -0.25) is 4.78 Å². The monoisotopic (exact) mass is 289 g/mol. The molecule has 1 aliphatic heterocycles. The lowest BCUT2D eigenvalue weighted by Crippen LogP contribution is -2.28. The number of benzene rings is 1. The molecule has 4 heteroatoms. The first-order valence-corrected chi connectivity index (χ1v) is 8.66. The highest BCUT2D eigenvalue weighted by Crippen LogP contribution is 2.30. The lowest BCUT2D eigenvalue weighted by Gasteiger charge is -2.22. The van der Waals surface area contributed by atoms with Gasteiger partial charge in [0, 0.05) is 40.3 Å². The first kappa shape index (κ1) is 13.8. The van der Waals surface area contributed by atoms with Crippen molar-refractivity contribution in [3.63, 3.8) is 0 Å². The van der Waals surface area contributed by atoms with Crippen molar-refractivity contribution in [3.8, 4) is 0 Å². The maximum Gasteiger partial charge on any atom is 0.0484 e. The largest absolute Gasteiger partial charge is 0.346 e. The van der Waals surface area contributed by atoms with E-state index in [-0.39, 0.29) is 10.7 Å². The van der Waals surface area contributed by atoms with E-state index in [0.717, 1.165) is 25.1 Å². The number of aryl methyl sites for hydroxylation is 1. The minimum Gasteiger partial charge on any atom is -0.346 e. The zero-order chi connectivity index (χ0) is 14.3. The SMILES string of the molecule is C[C@H](Cn1ccc2c3c(ccc21)S(=N)CCC3)N(C)C. The van der Waals surface area contributed by atoms with E-state index in [0.29, 0.717) is 6.04 Å². The van der Waals surface area contributed by atoms with Gasteiger partial charge in [-0.05, 0) is 57.6 Å². The molecule has 3 rings (SSSR count). The fraction of sp³-hybridized carbons (Fsp3) is 0.500. The van der Waals surface area contributed by atoms with Crippen LogP contribution in [-0.4, -0.2) is 35.4 Å². The molecule has 1 aliphatic rings. The smallest absolute Gasteiger partial charge is 0.0484 e. The van der Waals surface area contributed by atoms with Crippen molar-refractivity contribution in [1.29, 1.82) is 4.78 Å². The van der Waals surface area contributed by atoms with Crippen LogP contribution in [0.3, 0.4) is 0 Å². The third kappa shape index (κ3) is 2.31. The van der Waals surface area contributed by atoms with Crippen LogP contribution in [0.25, 0.3) is 10.9 Å². The van der Waals surface area contributed by atoms with Crippen LogP contribution in [-0.2, 0) is 23.7 Å². The first-order chi connectivity index (χ1) is 9.58. The van der Waals surface area contributed by atoms with Gasteiger partial charge in [-0.2, -0.15) is 0 Å². The number of hydrogen-bond donors (Lipinski definition) is 1. The molecule has 0 bridgehead atoms. The molecule has 2 atom stereocenters. The highest BCUT2D eigenvalue weighted by atomic mass is 32.2. The fourth-order valence-electron chi connectivity index (χ4n) is 2.91. The van der Waals surface area contributed by atoms with Crippen LogP contribution >= 0.6 is 0 Å². The molecule has 20 heavy (non-hydrogen) atoms. The number of nitrogens with zero attached hydrogens (tertiary/aromatic N) is 2. The van der Waals surface area contributed by atoms with Crippen LogP contribution in [0.1, 0.15) is 18.9 Å². The molecule has 0 amide bonds. The van der Waals surface area contributed by atoms with Gasteiger partial charge < -0.3 is 9.47 Å². The number of rotatable bonds is 3. The minimum absolute atomic E-state index is 0.297. The Balaban J connectivity index is 2.04. The lowest BCUT2D eigenvalue weighted by atomic mass is 10.1.